The summed E-state index contributed by atoms with van der Waals surface area (Å²) in [6, 6.07) is 11.7. The first-order valence-electron chi connectivity index (χ1n) is 9.73. The summed E-state index contributed by atoms with van der Waals surface area (Å²) >= 11 is 1.37. The summed E-state index contributed by atoms with van der Waals surface area (Å²) in [6.07, 6.45) is 2.71. The number of hydrogen-bond acceptors (Lipinski definition) is 7. The number of aromatic nitrogens is 2. The van der Waals surface area contributed by atoms with Gasteiger partial charge < -0.3 is 15.2 Å². The molecule has 1 atom stereocenters. The average molecular weight is 426 g/mol. The van der Waals surface area contributed by atoms with E-state index in [1.165, 1.54) is 11.3 Å². The topological polar surface area (TPSA) is 100 Å². The van der Waals surface area contributed by atoms with Gasteiger partial charge in [0.1, 0.15) is 11.5 Å². The number of rotatable bonds is 7. The molecule has 1 fully saturated rings. The lowest BCUT2D eigenvalue weighted by atomic mass is 9.81. The van der Waals surface area contributed by atoms with Gasteiger partial charge in [-0.05, 0) is 13.0 Å². The van der Waals surface area contributed by atoms with Crippen LogP contribution in [0.4, 0.5) is 5.13 Å². The van der Waals surface area contributed by atoms with Crippen LogP contribution < -0.4 is 10.6 Å². The molecular formula is C21H23N5O3S. The van der Waals surface area contributed by atoms with Crippen molar-refractivity contribution in [2.75, 3.05) is 32.0 Å². The molecule has 2 N–H and O–H groups in total. The minimum absolute atomic E-state index is 0.0528. The van der Waals surface area contributed by atoms with Crippen LogP contribution in [0.5, 0.6) is 0 Å². The molecular weight excluding hydrogens is 402 g/mol. The SMILES string of the molecule is CNC(=O)[C@@]1(Cc2cc(-c3ccccc3)no2)CCN(CC(=O)Nc2nccs2)C1. The van der Waals surface area contributed by atoms with Gasteiger partial charge in [-0.2, -0.15) is 0 Å². The summed E-state index contributed by atoms with van der Waals surface area (Å²) in [5, 5.41) is 12.1. The maximum Gasteiger partial charge on any atom is 0.240 e. The van der Waals surface area contributed by atoms with Crippen LogP contribution in [0.25, 0.3) is 11.3 Å². The van der Waals surface area contributed by atoms with Crippen LogP contribution in [0.3, 0.4) is 0 Å². The number of carbonyl (C=O) groups excluding carboxylic acids is 2. The number of anilines is 1. The first-order valence-corrected chi connectivity index (χ1v) is 10.6. The number of nitrogens with one attached hydrogen (secondary N) is 2. The van der Waals surface area contributed by atoms with E-state index in [1.807, 2.05) is 46.7 Å². The molecule has 156 valence electrons. The molecule has 0 aliphatic carbocycles. The zero-order valence-electron chi connectivity index (χ0n) is 16.6. The minimum Gasteiger partial charge on any atom is -0.361 e. The highest BCUT2D eigenvalue weighted by atomic mass is 32.1. The predicted molar refractivity (Wildman–Crippen MR) is 114 cm³/mol. The number of nitrogens with zero attached hydrogens (tertiary/aromatic N) is 3. The smallest absolute Gasteiger partial charge is 0.240 e. The Hall–Kier alpha value is -3.04. The van der Waals surface area contributed by atoms with Gasteiger partial charge in [0.25, 0.3) is 0 Å². The number of thiazole rings is 1. The van der Waals surface area contributed by atoms with E-state index < -0.39 is 5.41 Å². The monoisotopic (exact) mass is 425 g/mol. The molecule has 1 saturated heterocycles. The highest BCUT2D eigenvalue weighted by Gasteiger charge is 2.45. The lowest BCUT2D eigenvalue weighted by Gasteiger charge is -2.26. The van der Waals surface area contributed by atoms with Crippen LogP contribution >= 0.6 is 11.3 Å². The van der Waals surface area contributed by atoms with E-state index in [1.54, 1.807) is 13.2 Å². The standard InChI is InChI=1S/C21H23N5O3S/c1-22-19(28)21(12-16-11-17(25-29-16)15-5-3-2-4-6-15)7-9-26(14-21)13-18(27)24-20-23-8-10-30-20/h2-6,8,10-11H,7,9,12-14H2,1H3,(H,22,28)(H,23,24,27)/t21-/m1/s1. The quantitative estimate of drug-likeness (QED) is 0.603. The van der Waals surface area contributed by atoms with Crippen LogP contribution in [0, 0.1) is 5.41 Å². The summed E-state index contributed by atoms with van der Waals surface area (Å²) in [7, 11) is 1.64. The Bertz CT molecular complexity index is 1000. The van der Waals surface area contributed by atoms with Gasteiger partial charge in [-0.25, -0.2) is 4.98 Å². The van der Waals surface area contributed by atoms with Crippen molar-refractivity contribution in [3.8, 4) is 11.3 Å². The average Bonchev–Trinajstić information content (AvgIpc) is 3.51. The van der Waals surface area contributed by atoms with E-state index in [9.17, 15) is 9.59 Å². The van der Waals surface area contributed by atoms with Crippen LogP contribution in [-0.4, -0.2) is 53.5 Å². The lowest BCUT2D eigenvalue weighted by Crippen LogP contribution is -2.44. The molecule has 0 saturated carbocycles. The number of hydrogen-bond donors (Lipinski definition) is 2. The van der Waals surface area contributed by atoms with E-state index in [4.69, 9.17) is 4.52 Å². The maximum absolute atomic E-state index is 12.8. The molecule has 0 bridgehead atoms. The van der Waals surface area contributed by atoms with Crippen molar-refractivity contribution in [1.82, 2.24) is 20.4 Å². The van der Waals surface area contributed by atoms with E-state index in [2.05, 4.69) is 20.8 Å². The van der Waals surface area contributed by atoms with Crippen molar-refractivity contribution >= 4 is 28.3 Å². The molecule has 1 aliphatic heterocycles. The van der Waals surface area contributed by atoms with E-state index in [0.717, 1.165) is 11.3 Å². The second-order valence-electron chi connectivity index (χ2n) is 7.43. The van der Waals surface area contributed by atoms with E-state index in [-0.39, 0.29) is 18.4 Å². The third kappa shape index (κ3) is 4.42. The number of amides is 2. The normalized spacial score (nSPS) is 19.0. The van der Waals surface area contributed by atoms with Gasteiger partial charge in [-0.15, -0.1) is 11.3 Å². The van der Waals surface area contributed by atoms with Crippen molar-refractivity contribution in [1.29, 1.82) is 0 Å². The Morgan fingerprint density at radius 1 is 1.30 bits per heavy atom. The zero-order valence-corrected chi connectivity index (χ0v) is 17.4. The van der Waals surface area contributed by atoms with Crippen LogP contribution in [0.15, 0.2) is 52.5 Å². The molecule has 4 rings (SSSR count). The Balaban J connectivity index is 1.44. The van der Waals surface area contributed by atoms with Crippen molar-refractivity contribution in [3.05, 3.63) is 53.7 Å². The van der Waals surface area contributed by atoms with E-state index >= 15 is 0 Å². The fourth-order valence-electron chi connectivity index (χ4n) is 3.89. The predicted octanol–water partition coefficient (Wildman–Crippen LogP) is 2.42. The summed E-state index contributed by atoms with van der Waals surface area (Å²) in [6.45, 7) is 1.34. The first-order chi connectivity index (χ1) is 14.6. The number of benzene rings is 1. The molecule has 0 radical (unpaired) electrons. The van der Waals surface area contributed by atoms with Crippen LogP contribution in [0.1, 0.15) is 12.2 Å². The Morgan fingerprint density at radius 3 is 2.87 bits per heavy atom. The Labute approximate surface area is 178 Å². The van der Waals surface area contributed by atoms with Gasteiger partial charge in [0.05, 0.1) is 12.0 Å². The molecule has 0 spiro atoms. The summed E-state index contributed by atoms with van der Waals surface area (Å²) < 4.78 is 5.55. The third-order valence-electron chi connectivity index (χ3n) is 5.33. The second-order valence-corrected chi connectivity index (χ2v) is 8.32. The second kappa shape index (κ2) is 8.76. The Kier molecular flexibility index (Phi) is 5.91. The van der Waals surface area contributed by atoms with Gasteiger partial charge in [-0.1, -0.05) is 35.5 Å². The highest BCUT2D eigenvalue weighted by molar-refractivity contribution is 7.13. The van der Waals surface area contributed by atoms with Crippen molar-refractivity contribution in [3.63, 3.8) is 0 Å². The summed E-state index contributed by atoms with van der Waals surface area (Å²) in [4.78, 5) is 31.2. The Morgan fingerprint density at radius 2 is 2.13 bits per heavy atom. The van der Waals surface area contributed by atoms with Gasteiger partial charge in [0, 0.05) is 43.2 Å². The minimum atomic E-state index is -0.663. The molecule has 1 aromatic carbocycles. The molecule has 2 aromatic heterocycles. The summed E-state index contributed by atoms with van der Waals surface area (Å²) in [5.74, 6) is 0.471. The van der Waals surface area contributed by atoms with Crippen LogP contribution in [0.2, 0.25) is 0 Å². The zero-order chi connectivity index (χ0) is 21.0. The largest absolute Gasteiger partial charge is 0.361 e. The first kappa shape index (κ1) is 20.2. The molecule has 9 heteroatoms. The van der Waals surface area contributed by atoms with Gasteiger partial charge in [0.15, 0.2) is 5.13 Å². The van der Waals surface area contributed by atoms with Gasteiger partial charge in [-0.3, -0.25) is 14.5 Å². The fraction of sp³-hybridized carbons (Fsp3) is 0.333. The fourth-order valence-corrected chi connectivity index (χ4v) is 4.44. The molecule has 1 aliphatic rings. The molecule has 0 unspecified atom stereocenters. The molecule has 3 aromatic rings. The van der Waals surface area contributed by atoms with Crippen molar-refractivity contribution < 1.29 is 14.1 Å². The molecule has 8 nitrogen and oxygen atoms in total. The molecule has 2 amide bonds. The van der Waals surface area contributed by atoms with E-state index in [0.29, 0.717) is 36.8 Å². The maximum atomic E-state index is 12.8. The number of likely N-dealkylation sites (tertiary alicyclic amines) is 1. The lowest BCUT2D eigenvalue weighted by molar-refractivity contribution is -0.130. The molecule has 30 heavy (non-hydrogen) atoms. The summed E-state index contributed by atoms with van der Waals surface area (Å²) in [5.41, 5.74) is 1.05. The third-order valence-corrected chi connectivity index (χ3v) is 6.02. The van der Waals surface area contributed by atoms with Gasteiger partial charge >= 0.3 is 0 Å². The van der Waals surface area contributed by atoms with Crippen molar-refractivity contribution in [2.24, 2.45) is 5.41 Å². The van der Waals surface area contributed by atoms with Crippen LogP contribution in [-0.2, 0) is 16.0 Å². The van der Waals surface area contributed by atoms with Gasteiger partial charge in [0.2, 0.25) is 11.8 Å². The number of carbonyl (C=O) groups is 2. The van der Waals surface area contributed by atoms with Crippen molar-refractivity contribution in [2.45, 2.75) is 12.8 Å². The molecule has 3 heterocycles. The highest BCUT2D eigenvalue weighted by Crippen LogP contribution is 2.35.